The molecule has 4 aliphatic carbocycles. The van der Waals surface area contributed by atoms with E-state index in [0.717, 1.165) is 49.1 Å². The Morgan fingerprint density at radius 2 is 1.76 bits per heavy atom. The summed E-state index contributed by atoms with van der Waals surface area (Å²) in [4.78, 5) is 0. The number of hydrogen-bond donors (Lipinski definition) is 2. The van der Waals surface area contributed by atoms with Crippen LogP contribution in [0.4, 0.5) is 0 Å². The Hall–Kier alpha value is -1.09. The van der Waals surface area contributed by atoms with Crippen molar-refractivity contribution in [2.24, 2.45) is 28.6 Å². The Labute approximate surface area is 179 Å². The van der Waals surface area contributed by atoms with Crippen LogP contribution in [-0.4, -0.2) is 22.4 Å². The molecule has 2 nitrogen and oxygen atoms in total. The van der Waals surface area contributed by atoms with Crippen molar-refractivity contribution in [2.75, 3.05) is 0 Å². The quantitative estimate of drug-likeness (QED) is 0.554. The highest BCUT2D eigenvalue weighted by atomic mass is 35.5. The summed E-state index contributed by atoms with van der Waals surface area (Å²) in [5, 5.41) is 22.3. The van der Waals surface area contributed by atoms with E-state index in [-0.39, 0.29) is 23.0 Å². The number of allylic oxidation sites excluding steroid dienone is 1. The van der Waals surface area contributed by atoms with Gasteiger partial charge in [-0.05, 0) is 91.4 Å². The molecule has 0 aromatic heterocycles. The van der Waals surface area contributed by atoms with E-state index in [0.29, 0.717) is 17.8 Å². The highest BCUT2D eigenvalue weighted by molar-refractivity contribution is 6.30. The van der Waals surface area contributed by atoms with Crippen LogP contribution >= 0.6 is 11.6 Å². The predicted octanol–water partition coefficient (Wildman–Crippen LogP) is 6.02. The van der Waals surface area contributed by atoms with Crippen molar-refractivity contribution < 1.29 is 10.2 Å². The first kappa shape index (κ1) is 19.8. The largest absolute Gasteiger partial charge is 0.393 e. The van der Waals surface area contributed by atoms with Crippen molar-refractivity contribution in [1.29, 1.82) is 0 Å². The molecule has 4 aliphatic rings. The van der Waals surface area contributed by atoms with Gasteiger partial charge in [0.25, 0.3) is 0 Å². The van der Waals surface area contributed by atoms with Crippen molar-refractivity contribution in [3.63, 3.8) is 0 Å². The molecular formula is C26H33ClO2. The first-order chi connectivity index (χ1) is 13.8. The van der Waals surface area contributed by atoms with Crippen molar-refractivity contribution in [3.8, 4) is 0 Å². The normalized spacial score (nSPS) is 45.3. The second-order valence-corrected chi connectivity index (χ2v) is 11.0. The highest BCUT2D eigenvalue weighted by Crippen LogP contribution is 2.65. The lowest BCUT2D eigenvalue weighted by atomic mass is 9.48. The maximum atomic E-state index is 11.3. The summed E-state index contributed by atoms with van der Waals surface area (Å²) in [6, 6.07) is 7.93. The molecule has 3 saturated carbocycles. The van der Waals surface area contributed by atoms with Crippen molar-refractivity contribution in [3.05, 3.63) is 52.1 Å². The molecule has 0 heterocycles. The minimum atomic E-state index is -0.351. The molecular weight excluding hydrogens is 380 g/mol. The van der Waals surface area contributed by atoms with Gasteiger partial charge in [-0.25, -0.2) is 0 Å². The molecule has 0 amide bonds. The zero-order valence-electron chi connectivity index (χ0n) is 17.6. The smallest absolute Gasteiger partial charge is 0.0809 e. The van der Waals surface area contributed by atoms with Crippen LogP contribution in [0, 0.1) is 28.6 Å². The predicted molar refractivity (Wildman–Crippen MR) is 119 cm³/mol. The van der Waals surface area contributed by atoms with Crippen LogP contribution in [-0.2, 0) is 0 Å². The molecule has 156 valence electrons. The van der Waals surface area contributed by atoms with Gasteiger partial charge in [-0.15, -0.1) is 0 Å². The number of hydrogen-bond acceptors (Lipinski definition) is 2. The van der Waals surface area contributed by atoms with E-state index in [2.05, 4.69) is 26.0 Å². The number of aliphatic hydroxyl groups is 2. The molecule has 1 aromatic rings. The monoisotopic (exact) mass is 412 g/mol. The summed E-state index contributed by atoms with van der Waals surface area (Å²) in [7, 11) is 0. The van der Waals surface area contributed by atoms with E-state index in [1.807, 2.05) is 24.3 Å². The third-order valence-corrected chi connectivity index (χ3v) is 9.42. The van der Waals surface area contributed by atoms with Gasteiger partial charge in [-0.2, -0.15) is 0 Å². The number of rotatable bonds is 1. The van der Waals surface area contributed by atoms with Crippen LogP contribution < -0.4 is 0 Å². The van der Waals surface area contributed by atoms with Gasteiger partial charge in [0.05, 0.1) is 12.2 Å². The Morgan fingerprint density at radius 3 is 2.52 bits per heavy atom. The van der Waals surface area contributed by atoms with E-state index in [1.165, 1.54) is 17.6 Å². The lowest BCUT2D eigenvalue weighted by Crippen LogP contribution is -2.51. The minimum absolute atomic E-state index is 0.0185. The number of halogens is 1. The summed E-state index contributed by atoms with van der Waals surface area (Å²) < 4.78 is 0. The maximum Gasteiger partial charge on any atom is 0.0809 e. The summed E-state index contributed by atoms with van der Waals surface area (Å²) >= 11 is 6.04. The molecule has 0 unspecified atom stereocenters. The van der Waals surface area contributed by atoms with Gasteiger partial charge in [0.1, 0.15) is 0 Å². The van der Waals surface area contributed by atoms with Gasteiger partial charge in [0, 0.05) is 10.4 Å². The van der Waals surface area contributed by atoms with E-state index in [1.54, 1.807) is 0 Å². The Balaban J connectivity index is 1.46. The van der Waals surface area contributed by atoms with E-state index < -0.39 is 0 Å². The van der Waals surface area contributed by atoms with Crippen LogP contribution in [0.25, 0.3) is 6.08 Å². The Morgan fingerprint density at radius 1 is 1.00 bits per heavy atom. The van der Waals surface area contributed by atoms with Crippen LogP contribution in [0.1, 0.15) is 64.4 Å². The third kappa shape index (κ3) is 3.06. The number of benzene rings is 1. The van der Waals surface area contributed by atoms with Crippen molar-refractivity contribution in [2.45, 2.75) is 71.0 Å². The molecule has 0 spiro atoms. The number of fused-ring (bicyclic) bond motifs is 5. The summed E-state index contributed by atoms with van der Waals surface area (Å²) in [5.74, 6) is 1.87. The van der Waals surface area contributed by atoms with Crippen LogP contribution in [0.5, 0.6) is 0 Å². The van der Waals surface area contributed by atoms with E-state index >= 15 is 0 Å². The average molecular weight is 413 g/mol. The molecule has 1 aromatic carbocycles. The van der Waals surface area contributed by atoms with Crippen LogP contribution in [0.3, 0.4) is 0 Å². The molecule has 7 atom stereocenters. The molecule has 3 heteroatoms. The highest BCUT2D eigenvalue weighted by Gasteiger charge is 2.59. The van der Waals surface area contributed by atoms with Crippen molar-refractivity contribution >= 4 is 17.7 Å². The fourth-order valence-electron chi connectivity index (χ4n) is 7.41. The zero-order chi connectivity index (χ0) is 20.4. The second kappa shape index (κ2) is 6.97. The van der Waals surface area contributed by atoms with Gasteiger partial charge in [0.2, 0.25) is 0 Å². The van der Waals surface area contributed by atoms with Gasteiger partial charge in [-0.3, -0.25) is 0 Å². The molecule has 0 bridgehead atoms. The van der Waals surface area contributed by atoms with Gasteiger partial charge >= 0.3 is 0 Å². The first-order valence-electron chi connectivity index (χ1n) is 11.3. The van der Waals surface area contributed by atoms with E-state index in [4.69, 9.17) is 11.6 Å². The first-order valence-corrected chi connectivity index (χ1v) is 11.7. The summed E-state index contributed by atoms with van der Waals surface area (Å²) in [5.41, 5.74) is 4.06. The fourth-order valence-corrected chi connectivity index (χ4v) is 7.54. The van der Waals surface area contributed by atoms with Crippen molar-refractivity contribution in [1.82, 2.24) is 0 Å². The SMILES string of the molecule is C[C@@]12CC[C@H]3[C@@H](CC=C4C[C@@H](O)CC[C@@]43C)[C@H]1C/C(=C\c1ccc(Cl)cc1)[C@@H]2O. The molecule has 0 radical (unpaired) electrons. The lowest BCUT2D eigenvalue weighted by Gasteiger charge is -2.57. The molecule has 5 rings (SSSR count). The second-order valence-electron chi connectivity index (χ2n) is 10.6. The Bertz CT molecular complexity index is 856. The molecule has 29 heavy (non-hydrogen) atoms. The lowest BCUT2D eigenvalue weighted by molar-refractivity contribution is -0.0685. The topological polar surface area (TPSA) is 40.5 Å². The Kier molecular flexibility index (Phi) is 4.77. The molecule has 2 N–H and O–H groups in total. The van der Waals surface area contributed by atoms with Gasteiger partial charge in [-0.1, -0.05) is 55.3 Å². The number of aliphatic hydroxyl groups excluding tert-OH is 2. The zero-order valence-corrected chi connectivity index (χ0v) is 18.3. The summed E-state index contributed by atoms with van der Waals surface area (Å²) in [6.45, 7) is 4.79. The molecule has 0 aliphatic heterocycles. The maximum absolute atomic E-state index is 11.3. The summed E-state index contributed by atoms with van der Waals surface area (Å²) in [6.07, 6.45) is 11.5. The fraction of sp³-hybridized carbons (Fsp3) is 0.615. The van der Waals surface area contributed by atoms with Crippen LogP contribution in [0.2, 0.25) is 5.02 Å². The van der Waals surface area contributed by atoms with Crippen LogP contribution in [0.15, 0.2) is 41.5 Å². The standard InChI is InChI=1S/C26H33ClO2/c1-25-11-9-20(28)15-18(25)5-8-21-22(25)10-12-26(2)23(21)14-17(24(26)29)13-16-3-6-19(27)7-4-16/h3-7,13,20-24,28-29H,8-12,14-15H2,1-2H3/b17-13+/t20-,21+,22-,23+,24-,25-,26+/m0/s1. The minimum Gasteiger partial charge on any atom is -0.393 e. The third-order valence-electron chi connectivity index (χ3n) is 9.17. The molecule has 3 fully saturated rings. The van der Waals surface area contributed by atoms with Gasteiger partial charge in [0.15, 0.2) is 0 Å². The average Bonchev–Trinajstić information content (AvgIpc) is 2.95. The van der Waals surface area contributed by atoms with Gasteiger partial charge < -0.3 is 10.2 Å². The van der Waals surface area contributed by atoms with E-state index in [9.17, 15) is 10.2 Å². The molecule has 0 saturated heterocycles.